The molecule has 4 unspecified atom stereocenters. The third-order valence-corrected chi connectivity index (χ3v) is 11.3. The number of rotatable bonds is 9. The van der Waals surface area contributed by atoms with Crippen molar-refractivity contribution < 1.29 is 20.1 Å². The highest BCUT2D eigenvalue weighted by molar-refractivity contribution is 5.85. The third-order valence-electron chi connectivity index (χ3n) is 11.3. The Morgan fingerprint density at radius 3 is 2.59 bits per heavy atom. The number of unbranched alkanes of at least 4 members (excludes halogenated alkanes) is 2. The quantitative estimate of drug-likeness (QED) is 0.362. The van der Waals surface area contributed by atoms with Crippen LogP contribution in [0.15, 0.2) is 42.5 Å². The van der Waals surface area contributed by atoms with Crippen LogP contribution in [0.3, 0.4) is 0 Å². The number of phenols is 1. The number of ether oxygens (including phenoxy) is 1. The Morgan fingerprint density at radius 2 is 1.85 bits per heavy atom. The monoisotopic (exact) mass is 553 g/mol. The molecule has 2 aromatic rings. The summed E-state index contributed by atoms with van der Waals surface area (Å²) in [6.45, 7) is 2.20. The second-order valence-corrected chi connectivity index (χ2v) is 13.2. The number of nitrogens with zero attached hydrogens (tertiary/aromatic N) is 1. The molecule has 0 radical (unpaired) electrons. The molecule has 3 aliphatic carbocycles. The van der Waals surface area contributed by atoms with E-state index >= 15 is 0 Å². The lowest BCUT2D eigenvalue weighted by atomic mass is 9.46. The molecule has 2 heterocycles. The summed E-state index contributed by atoms with van der Waals surface area (Å²) in [5.41, 5.74) is 3.04. The van der Waals surface area contributed by atoms with Crippen LogP contribution in [0, 0.1) is 17.3 Å². The van der Waals surface area contributed by atoms with Gasteiger partial charge in [0.15, 0.2) is 11.5 Å². The van der Waals surface area contributed by atoms with Crippen LogP contribution in [0.25, 0.3) is 0 Å². The molecule has 2 aromatic carbocycles. The Morgan fingerprint density at radius 1 is 1.03 bits per heavy atom. The molecule has 2 bridgehead atoms. The lowest BCUT2D eigenvalue weighted by molar-refractivity contribution is -0.182. The summed E-state index contributed by atoms with van der Waals surface area (Å²) in [7, 11) is 0. The molecule has 3 fully saturated rings. The lowest BCUT2D eigenvalue weighted by Crippen LogP contribution is -2.71. The largest absolute Gasteiger partial charge is 0.504 e. The summed E-state index contributed by atoms with van der Waals surface area (Å²) in [4.78, 5) is 2.75. The Hall–Kier alpha value is -1.79. The first-order chi connectivity index (χ1) is 18.6. The average molecular weight is 554 g/mol. The van der Waals surface area contributed by atoms with Gasteiger partial charge in [-0.25, -0.2) is 0 Å². The molecule has 0 amide bonds. The summed E-state index contributed by atoms with van der Waals surface area (Å²) in [5, 5.41) is 33.7. The number of phenolic OH excluding ortho intramolecular Hbond substituents is 1. The van der Waals surface area contributed by atoms with Gasteiger partial charge in [0, 0.05) is 29.0 Å². The van der Waals surface area contributed by atoms with Crippen LogP contribution in [0.4, 0.5) is 0 Å². The standard InChI is InChI=1S/C33H43NO4.ClH/c35-21-32(15-6-2-5-10-22-8-3-1-4-9-22)19-25-26-18-24-13-14-27(36)29-28(24)33(25,31(38-29)30(32)37)16-17-34(26)20-23-11-7-12-23;/h1,3-4,8-9,13-14,23,25-26,30-31,35-37H,2,5-7,10-12,15-21H2;1H/t25?,26?,30-,31?,32+,33?;/m0./s1. The molecule has 6 heteroatoms. The van der Waals surface area contributed by atoms with E-state index in [2.05, 4.69) is 41.3 Å². The van der Waals surface area contributed by atoms with E-state index in [9.17, 15) is 15.3 Å². The number of aryl methyl sites for hydroxylation is 1. The molecule has 5 aliphatic rings. The Balaban J connectivity index is 0.00000277. The molecular weight excluding hydrogens is 510 g/mol. The fraction of sp³-hybridized carbons (Fsp3) is 0.636. The van der Waals surface area contributed by atoms with E-state index < -0.39 is 17.6 Å². The Bertz CT molecular complexity index is 1170. The van der Waals surface area contributed by atoms with E-state index in [1.54, 1.807) is 6.07 Å². The SMILES string of the molecule is Cl.OC[C@@]1(CCCCCc2ccccc2)CC2C3Cc4ccc(O)c5c4C2(CCN3CC2CCC2)C(O5)[C@@H]1O. The average Bonchev–Trinajstić information content (AvgIpc) is 3.26. The van der Waals surface area contributed by atoms with E-state index in [-0.39, 0.29) is 30.2 Å². The minimum Gasteiger partial charge on any atom is -0.504 e. The smallest absolute Gasteiger partial charge is 0.165 e. The van der Waals surface area contributed by atoms with Gasteiger partial charge in [0.05, 0.1) is 12.7 Å². The van der Waals surface area contributed by atoms with Gasteiger partial charge < -0.3 is 20.1 Å². The van der Waals surface area contributed by atoms with Gasteiger partial charge in [0.2, 0.25) is 0 Å². The molecular formula is C33H44ClNO4. The van der Waals surface area contributed by atoms with Crippen LogP contribution in [-0.2, 0) is 18.3 Å². The predicted molar refractivity (Wildman–Crippen MR) is 155 cm³/mol. The van der Waals surface area contributed by atoms with Gasteiger partial charge in [0.25, 0.3) is 0 Å². The number of benzene rings is 2. The van der Waals surface area contributed by atoms with Crippen molar-refractivity contribution in [2.45, 2.75) is 94.3 Å². The summed E-state index contributed by atoms with van der Waals surface area (Å²) < 4.78 is 6.58. The van der Waals surface area contributed by atoms with Gasteiger partial charge in [-0.2, -0.15) is 0 Å². The molecule has 0 aromatic heterocycles. The van der Waals surface area contributed by atoms with E-state index in [0.717, 1.165) is 63.8 Å². The normalized spacial score (nSPS) is 34.5. The number of hydrogen-bond acceptors (Lipinski definition) is 5. The van der Waals surface area contributed by atoms with Crippen molar-refractivity contribution in [3.63, 3.8) is 0 Å². The van der Waals surface area contributed by atoms with E-state index in [1.165, 1.54) is 42.5 Å². The second-order valence-electron chi connectivity index (χ2n) is 13.2. The van der Waals surface area contributed by atoms with Crippen LogP contribution in [0.2, 0.25) is 0 Å². The molecule has 7 rings (SSSR count). The number of halogens is 1. The molecule has 39 heavy (non-hydrogen) atoms. The number of aliphatic hydroxyl groups excluding tert-OH is 2. The lowest BCUT2D eigenvalue weighted by Gasteiger charge is -2.63. The van der Waals surface area contributed by atoms with E-state index in [0.29, 0.717) is 17.7 Å². The van der Waals surface area contributed by atoms with Crippen molar-refractivity contribution in [2.75, 3.05) is 19.7 Å². The number of hydrogen-bond donors (Lipinski definition) is 3. The molecule has 2 saturated carbocycles. The molecule has 3 N–H and O–H groups in total. The van der Waals surface area contributed by atoms with E-state index in [1.807, 2.05) is 0 Å². The van der Waals surface area contributed by atoms with Crippen LogP contribution in [-0.4, -0.2) is 58.2 Å². The number of aliphatic hydroxyl groups is 2. The fourth-order valence-corrected chi connectivity index (χ4v) is 9.12. The highest BCUT2D eigenvalue weighted by atomic mass is 35.5. The van der Waals surface area contributed by atoms with Crippen molar-refractivity contribution in [3.8, 4) is 11.5 Å². The summed E-state index contributed by atoms with van der Waals surface area (Å²) in [6, 6.07) is 14.9. The maximum Gasteiger partial charge on any atom is 0.165 e. The molecule has 2 aliphatic heterocycles. The van der Waals surface area contributed by atoms with Crippen molar-refractivity contribution in [1.82, 2.24) is 4.90 Å². The highest BCUT2D eigenvalue weighted by Gasteiger charge is 2.70. The second kappa shape index (κ2) is 10.6. The summed E-state index contributed by atoms with van der Waals surface area (Å²) in [6.07, 6.45) is 10.8. The number of aromatic hydroxyl groups is 1. The van der Waals surface area contributed by atoms with Crippen LogP contribution >= 0.6 is 12.4 Å². The maximum atomic E-state index is 12.0. The summed E-state index contributed by atoms with van der Waals surface area (Å²) in [5.74, 6) is 1.96. The Labute approximate surface area is 239 Å². The first kappa shape index (κ1) is 27.4. The third kappa shape index (κ3) is 4.22. The van der Waals surface area contributed by atoms with Gasteiger partial charge in [-0.05, 0) is 86.9 Å². The maximum absolute atomic E-state index is 12.0. The minimum atomic E-state index is -0.741. The first-order valence-electron chi connectivity index (χ1n) is 15.1. The summed E-state index contributed by atoms with van der Waals surface area (Å²) >= 11 is 0. The topological polar surface area (TPSA) is 73.2 Å². The zero-order chi connectivity index (χ0) is 25.9. The molecule has 212 valence electrons. The van der Waals surface area contributed by atoms with Crippen molar-refractivity contribution in [2.24, 2.45) is 17.3 Å². The van der Waals surface area contributed by atoms with Gasteiger partial charge in [-0.1, -0.05) is 55.7 Å². The van der Waals surface area contributed by atoms with Crippen molar-refractivity contribution in [1.29, 1.82) is 0 Å². The predicted octanol–water partition coefficient (Wildman–Crippen LogP) is 5.41. The molecule has 5 nitrogen and oxygen atoms in total. The van der Waals surface area contributed by atoms with Crippen molar-refractivity contribution >= 4 is 12.4 Å². The zero-order valence-electron chi connectivity index (χ0n) is 22.9. The number of piperidine rings is 1. The van der Waals surface area contributed by atoms with Gasteiger partial charge >= 0.3 is 0 Å². The van der Waals surface area contributed by atoms with Crippen LogP contribution in [0.1, 0.15) is 74.5 Å². The fourth-order valence-electron chi connectivity index (χ4n) is 9.12. The molecule has 6 atom stereocenters. The van der Waals surface area contributed by atoms with Crippen LogP contribution < -0.4 is 4.74 Å². The van der Waals surface area contributed by atoms with Gasteiger partial charge in [-0.15, -0.1) is 12.4 Å². The highest BCUT2D eigenvalue weighted by Crippen LogP contribution is 2.67. The zero-order valence-corrected chi connectivity index (χ0v) is 23.7. The van der Waals surface area contributed by atoms with Gasteiger partial charge in [-0.3, -0.25) is 4.90 Å². The molecule has 1 spiro atoms. The Kier molecular flexibility index (Phi) is 7.41. The van der Waals surface area contributed by atoms with Crippen LogP contribution in [0.5, 0.6) is 11.5 Å². The van der Waals surface area contributed by atoms with E-state index in [4.69, 9.17) is 4.74 Å². The first-order valence-corrected chi connectivity index (χ1v) is 15.1. The molecule has 1 saturated heterocycles. The van der Waals surface area contributed by atoms with Crippen molar-refractivity contribution in [3.05, 3.63) is 59.2 Å². The number of likely N-dealkylation sites (tertiary alicyclic amines) is 1. The van der Waals surface area contributed by atoms with Gasteiger partial charge in [0.1, 0.15) is 6.10 Å². The minimum absolute atomic E-state index is 0.